The monoisotopic (exact) mass is 673 g/mol. The SMILES string of the molecule is CCCCCCCCCCCCC/C=C/CC/C=C/[C@H](O)[C@@H](COP(=O)([O-])OCC[N+](C)(C)C)NC(=O)CCCCCCCCC. The molecule has 46 heavy (non-hydrogen) atoms. The molecule has 0 radical (unpaired) electrons. The van der Waals surface area contributed by atoms with E-state index in [1.165, 1.54) is 96.3 Å². The largest absolute Gasteiger partial charge is 0.756 e. The second kappa shape index (κ2) is 30.1. The molecule has 0 aromatic carbocycles. The van der Waals surface area contributed by atoms with Crippen LogP contribution in [-0.2, 0) is 18.4 Å². The zero-order chi connectivity index (χ0) is 34.4. The minimum atomic E-state index is -4.58. The van der Waals surface area contributed by atoms with Crippen molar-refractivity contribution in [3.8, 4) is 0 Å². The van der Waals surface area contributed by atoms with Crippen LogP contribution in [0.3, 0.4) is 0 Å². The number of likely N-dealkylation sites (N-methyl/N-ethyl adjacent to an activating group) is 1. The van der Waals surface area contributed by atoms with Crippen LogP contribution in [0.15, 0.2) is 24.3 Å². The molecule has 8 nitrogen and oxygen atoms in total. The lowest BCUT2D eigenvalue weighted by atomic mass is 10.1. The average Bonchev–Trinajstić information content (AvgIpc) is 2.99. The van der Waals surface area contributed by atoms with Gasteiger partial charge in [0, 0.05) is 6.42 Å². The quantitative estimate of drug-likeness (QED) is 0.0312. The number of rotatable bonds is 33. The van der Waals surface area contributed by atoms with E-state index in [0.717, 1.165) is 38.5 Å². The first kappa shape index (κ1) is 45.0. The lowest BCUT2D eigenvalue weighted by molar-refractivity contribution is -0.870. The van der Waals surface area contributed by atoms with Crippen molar-refractivity contribution in [3.63, 3.8) is 0 Å². The molecular formula is C37H73N2O6P. The number of aliphatic hydroxyl groups excluding tert-OH is 1. The molecule has 0 aliphatic carbocycles. The maximum atomic E-state index is 12.6. The molecule has 0 aliphatic rings. The second-order valence-electron chi connectivity index (χ2n) is 13.9. The van der Waals surface area contributed by atoms with Gasteiger partial charge < -0.3 is 28.8 Å². The van der Waals surface area contributed by atoms with Crippen LogP contribution in [0.4, 0.5) is 0 Å². The van der Waals surface area contributed by atoms with Gasteiger partial charge in [-0.2, -0.15) is 0 Å². The molecule has 272 valence electrons. The Bertz CT molecular complexity index is 814. The van der Waals surface area contributed by atoms with Gasteiger partial charge in [-0.05, 0) is 32.1 Å². The van der Waals surface area contributed by atoms with E-state index in [9.17, 15) is 19.4 Å². The number of unbranched alkanes of at least 4 members (excludes halogenated alkanes) is 18. The summed E-state index contributed by atoms with van der Waals surface area (Å²) in [4.78, 5) is 25.0. The fraction of sp³-hybridized carbons (Fsp3) is 0.865. The molecule has 0 rings (SSSR count). The summed E-state index contributed by atoms with van der Waals surface area (Å²) in [6.07, 6.45) is 32.4. The highest BCUT2D eigenvalue weighted by atomic mass is 31.2. The van der Waals surface area contributed by atoms with Crippen molar-refractivity contribution in [2.75, 3.05) is 40.9 Å². The van der Waals surface area contributed by atoms with Crippen molar-refractivity contribution in [2.24, 2.45) is 0 Å². The molecule has 0 bridgehead atoms. The summed E-state index contributed by atoms with van der Waals surface area (Å²) in [5.74, 6) is -0.216. The standard InChI is InChI=1S/C37H73N2O6P/c1-6-8-10-12-14-15-16-17-18-19-20-21-22-23-25-26-28-30-36(40)35(34-45-46(42,43)44-33-32-39(3,4)5)38-37(41)31-29-27-24-13-11-9-7-2/h22-23,28,30,35-36,40H,6-21,24-27,29,31-34H2,1-5H3,(H-,38,41,42,43)/b23-22+,30-28+/t35-,36+/m1/s1. The van der Waals surface area contributed by atoms with Crippen LogP contribution in [0.25, 0.3) is 0 Å². The highest BCUT2D eigenvalue weighted by Crippen LogP contribution is 2.38. The van der Waals surface area contributed by atoms with Gasteiger partial charge >= 0.3 is 0 Å². The maximum Gasteiger partial charge on any atom is 0.268 e. The minimum absolute atomic E-state index is 0.00517. The van der Waals surface area contributed by atoms with Crippen LogP contribution in [0.5, 0.6) is 0 Å². The van der Waals surface area contributed by atoms with Gasteiger partial charge in [0.2, 0.25) is 5.91 Å². The fourth-order valence-electron chi connectivity index (χ4n) is 5.11. The van der Waals surface area contributed by atoms with Gasteiger partial charge in [-0.1, -0.05) is 141 Å². The highest BCUT2D eigenvalue weighted by molar-refractivity contribution is 7.45. The van der Waals surface area contributed by atoms with Crippen LogP contribution in [-0.4, -0.2) is 68.5 Å². The van der Waals surface area contributed by atoms with Crippen molar-refractivity contribution >= 4 is 13.7 Å². The van der Waals surface area contributed by atoms with Crippen molar-refractivity contribution in [2.45, 2.75) is 167 Å². The van der Waals surface area contributed by atoms with Crippen molar-refractivity contribution in [1.29, 1.82) is 0 Å². The summed E-state index contributed by atoms with van der Waals surface area (Å²) < 4.78 is 23.0. The van der Waals surface area contributed by atoms with Crippen molar-refractivity contribution in [1.82, 2.24) is 5.32 Å². The van der Waals surface area contributed by atoms with Crippen molar-refractivity contribution < 1.29 is 32.9 Å². The van der Waals surface area contributed by atoms with E-state index in [1.807, 2.05) is 27.2 Å². The Labute approximate surface area is 284 Å². The average molecular weight is 673 g/mol. The smallest absolute Gasteiger partial charge is 0.268 e. The molecule has 0 aliphatic heterocycles. The predicted molar refractivity (Wildman–Crippen MR) is 192 cm³/mol. The van der Waals surface area contributed by atoms with E-state index in [1.54, 1.807) is 6.08 Å². The van der Waals surface area contributed by atoms with Crippen LogP contribution in [0, 0.1) is 0 Å². The number of allylic oxidation sites excluding steroid dienone is 3. The van der Waals surface area contributed by atoms with E-state index in [0.29, 0.717) is 17.4 Å². The Morgan fingerprint density at radius 2 is 1.22 bits per heavy atom. The predicted octanol–water partition coefficient (Wildman–Crippen LogP) is 8.77. The second-order valence-corrected chi connectivity index (χ2v) is 15.3. The summed E-state index contributed by atoms with van der Waals surface area (Å²) in [6.45, 7) is 4.55. The highest BCUT2D eigenvalue weighted by Gasteiger charge is 2.23. The number of nitrogens with one attached hydrogen (secondary N) is 1. The minimum Gasteiger partial charge on any atom is -0.756 e. The Kier molecular flexibility index (Phi) is 29.4. The Morgan fingerprint density at radius 3 is 1.76 bits per heavy atom. The number of carbonyl (C=O) groups is 1. The molecule has 0 saturated carbocycles. The molecule has 0 heterocycles. The van der Waals surface area contributed by atoms with Crippen LogP contribution < -0.4 is 10.2 Å². The Morgan fingerprint density at radius 1 is 0.739 bits per heavy atom. The summed E-state index contributed by atoms with van der Waals surface area (Å²) >= 11 is 0. The maximum absolute atomic E-state index is 12.6. The summed E-state index contributed by atoms with van der Waals surface area (Å²) in [5, 5.41) is 13.6. The van der Waals surface area contributed by atoms with E-state index >= 15 is 0 Å². The molecule has 3 atom stereocenters. The molecule has 0 aromatic heterocycles. The first-order valence-corrected chi connectivity index (χ1v) is 20.2. The van der Waals surface area contributed by atoms with Gasteiger partial charge in [-0.15, -0.1) is 0 Å². The van der Waals surface area contributed by atoms with Crippen molar-refractivity contribution in [3.05, 3.63) is 24.3 Å². The molecule has 0 spiro atoms. The third-order valence-corrected chi connectivity index (χ3v) is 9.13. The van der Waals surface area contributed by atoms with Crippen LogP contribution >= 0.6 is 7.82 Å². The number of amides is 1. The molecule has 1 amide bonds. The first-order chi connectivity index (χ1) is 22.0. The van der Waals surface area contributed by atoms with Gasteiger partial charge in [0.05, 0.1) is 39.9 Å². The van der Waals surface area contributed by atoms with E-state index in [-0.39, 0.29) is 12.5 Å². The van der Waals surface area contributed by atoms with Gasteiger partial charge in [0.15, 0.2) is 0 Å². The number of hydrogen-bond acceptors (Lipinski definition) is 6. The van der Waals surface area contributed by atoms with E-state index in [2.05, 4.69) is 31.3 Å². The molecule has 2 N–H and O–H groups in total. The topological polar surface area (TPSA) is 108 Å². The van der Waals surface area contributed by atoms with Gasteiger partial charge in [-0.25, -0.2) is 0 Å². The number of quaternary nitrogens is 1. The molecule has 9 heteroatoms. The van der Waals surface area contributed by atoms with Crippen LogP contribution in [0.1, 0.15) is 155 Å². The molecule has 1 unspecified atom stereocenters. The number of hydrogen-bond donors (Lipinski definition) is 2. The number of carbonyl (C=O) groups excluding carboxylic acids is 1. The summed E-state index contributed by atoms with van der Waals surface area (Å²) in [5.41, 5.74) is 0. The summed E-state index contributed by atoms with van der Waals surface area (Å²) in [6, 6.07) is -0.894. The Hall–Kier alpha value is -1.02. The Balaban J connectivity index is 4.51. The number of aliphatic hydroxyl groups is 1. The normalized spacial score (nSPS) is 15.0. The molecule has 0 aromatic rings. The van der Waals surface area contributed by atoms with Crippen LogP contribution in [0.2, 0.25) is 0 Å². The number of nitrogens with zero attached hydrogens (tertiary/aromatic N) is 1. The van der Waals surface area contributed by atoms with E-state index in [4.69, 9.17) is 9.05 Å². The van der Waals surface area contributed by atoms with Gasteiger partial charge in [0.1, 0.15) is 13.2 Å². The fourth-order valence-corrected chi connectivity index (χ4v) is 5.83. The third kappa shape index (κ3) is 31.6. The zero-order valence-corrected chi connectivity index (χ0v) is 31.4. The van der Waals surface area contributed by atoms with E-state index < -0.39 is 26.6 Å². The van der Waals surface area contributed by atoms with Gasteiger partial charge in [-0.3, -0.25) is 9.36 Å². The van der Waals surface area contributed by atoms with Gasteiger partial charge in [0.25, 0.3) is 7.82 Å². The molecular weight excluding hydrogens is 599 g/mol. The first-order valence-electron chi connectivity index (χ1n) is 18.7. The molecule has 0 fully saturated rings. The lowest BCUT2D eigenvalue weighted by Gasteiger charge is -2.29. The lowest BCUT2D eigenvalue weighted by Crippen LogP contribution is -2.45. The zero-order valence-electron chi connectivity index (χ0n) is 30.5. The number of phosphoric ester groups is 1. The number of phosphoric acid groups is 1. The third-order valence-electron chi connectivity index (χ3n) is 8.16. The molecule has 0 saturated heterocycles. The summed E-state index contributed by atoms with van der Waals surface area (Å²) in [7, 11) is 1.24.